The van der Waals surface area contributed by atoms with Crippen LogP contribution in [0.25, 0.3) is 0 Å². The topological polar surface area (TPSA) is 69.6 Å². The molecule has 3 rings (SSSR count). The van der Waals surface area contributed by atoms with E-state index in [0.29, 0.717) is 28.9 Å². The Balaban J connectivity index is 1.70. The fraction of sp³-hybridized carbons (Fsp3) is 0.190. The van der Waals surface area contributed by atoms with Crippen LogP contribution in [-0.2, 0) is 6.61 Å². The number of nitrogens with one attached hydrogen (secondary N) is 2. The third kappa shape index (κ3) is 5.06. The molecule has 0 spiro atoms. The molecule has 0 amide bonds. The number of anilines is 3. The molecule has 6 nitrogen and oxygen atoms in total. The van der Waals surface area contributed by atoms with Gasteiger partial charge in [0.2, 0.25) is 0 Å². The highest BCUT2D eigenvalue weighted by Crippen LogP contribution is 2.32. The first-order chi connectivity index (χ1) is 13.6. The lowest BCUT2D eigenvalue weighted by atomic mass is 10.2. The molecule has 1 heterocycles. The Morgan fingerprint density at radius 3 is 2.54 bits per heavy atom. The fourth-order valence-electron chi connectivity index (χ4n) is 2.72. The van der Waals surface area contributed by atoms with Gasteiger partial charge in [-0.25, -0.2) is 0 Å². The van der Waals surface area contributed by atoms with Crippen LogP contribution in [-0.4, -0.2) is 30.9 Å². The summed E-state index contributed by atoms with van der Waals surface area (Å²) < 4.78 is 5.90. The summed E-state index contributed by atoms with van der Waals surface area (Å²) in [6.45, 7) is 0.504. The first-order valence-electron chi connectivity index (χ1n) is 8.85. The van der Waals surface area contributed by atoms with Crippen LogP contribution in [0.4, 0.5) is 17.1 Å². The molecule has 0 aliphatic carbocycles. The highest BCUT2D eigenvalue weighted by Gasteiger charge is 2.09. The van der Waals surface area contributed by atoms with Gasteiger partial charge in [0.1, 0.15) is 11.5 Å². The summed E-state index contributed by atoms with van der Waals surface area (Å²) in [5.74, 6) is 1.33. The predicted octanol–water partition coefficient (Wildman–Crippen LogP) is 4.57. The lowest BCUT2D eigenvalue weighted by molar-refractivity contribution is 0.276. The maximum Gasteiger partial charge on any atom is 0.130 e. The number of hydrogen-bond donors (Lipinski definition) is 3. The van der Waals surface area contributed by atoms with Crippen LogP contribution < -0.4 is 20.3 Å². The monoisotopic (exact) mass is 398 g/mol. The van der Waals surface area contributed by atoms with Crippen LogP contribution in [0.1, 0.15) is 5.69 Å². The van der Waals surface area contributed by atoms with E-state index in [1.54, 1.807) is 18.3 Å². The maximum atomic E-state index is 9.21. The van der Waals surface area contributed by atoms with Crippen LogP contribution in [0.2, 0.25) is 5.02 Å². The van der Waals surface area contributed by atoms with Gasteiger partial charge in [-0.3, -0.25) is 4.98 Å². The molecule has 3 aromatic rings. The Morgan fingerprint density at radius 2 is 1.82 bits per heavy atom. The van der Waals surface area contributed by atoms with Crippen LogP contribution in [0.15, 0.2) is 60.8 Å². The van der Waals surface area contributed by atoms with E-state index in [1.807, 2.05) is 56.6 Å². The highest BCUT2D eigenvalue weighted by molar-refractivity contribution is 6.30. The van der Waals surface area contributed by atoms with Crippen molar-refractivity contribution in [1.29, 1.82) is 0 Å². The standard InChI is InChI=1S/C21H23ClN4O2/c1-23-20-12-18(28-19-9-10-24-17(11-19)13-27)7-8-21(20)26(2)14-25-16-5-3-15(22)4-6-16/h3-12,23,25,27H,13-14H2,1-2H3. The number of hydrogen-bond acceptors (Lipinski definition) is 6. The minimum absolute atomic E-state index is 0.122. The van der Waals surface area contributed by atoms with E-state index in [0.717, 1.165) is 17.1 Å². The van der Waals surface area contributed by atoms with Gasteiger partial charge >= 0.3 is 0 Å². The fourth-order valence-corrected chi connectivity index (χ4v) is 2.84. The number of rotatable bonds is 8. The molecular weight excluding hydrogens is 376 g/mol. The number of benzene rings is 2. The number of aromatic nitrogens is 1. The van der Waals surface area contributed by atoms with E-state index in [4.69, 9.17) is 16.3 Å². The van der Waals surface area contributed by atoms with Crippen molar-refractivity contribution in [2.45, 2.75) is 6.61 Å². The quantitative estimate of drug-likeness (QED) is 0.483. The zero-order chi connectivity index (χ0) is 19.9. The first-order valence-corrected chi connectivity index (χ1v) is 9.23. The summed E-state index contributed by atoms with van der Waals surface area (Å²) in [5.41, 5.74) is 3.53. The lowest BCUT2D eigenvalue weighted by Crippen LogP contribution is -2.25. The van der Waals surface area contributed by atoms with Crippen LogP contribution in [0.3, 0.4) is 0 Å². The number of pyridine rings is 1. The summed E-state index contributed by atoms with van der Waals surface area (Å²) in [6.07, 6.45) is 1.62. The minimum Gasteiger partial charge on any atom is -0.457 e. The second-order valence-electron chi connectivity index (χ2n) is 6.21. The Kier molecular flexibility index (Phi) is 6.57. The normalized spacial score (nSPS) is 10.4. The highest BCUT2D eigenvalue weighted by atomic mass is 35.5. The number of aliphatic hydroxyl groups is 1. The van der Waals surface area contributed by atoms with Crippen LogP contribution >= 0.6 is 11.6 Å². The number of halogens is 1. The maximum absolute atomic E-state index is 9.21. The predicted molar refractivity (Wildman–Crippen MR) is 115 cm³/mol. The van der Waals surface area contributed by atoms with E-state index in [2.05, 4.69) is 20.5 Å². The molecule has 0 saturated carbocycles. The first kappa shape index (κ1) is 19.8. The van der Waals surface area contributed by atoms with Gasteiger partial charge in [-0.15, -0.1) is 0 Å². The van der Waals surface area contributed by atoms with Crippen LogP contribution in [0.5, 0.6) is 11.5 Å². The molecule has 2 aromatic carbocycles. The zero-order valence-electron chi connectivity index (χ0n) is 15.8. The van der Waals surface area contributed by atoms with Gasteiger partial charge in [0, 0.05) is 43.1 Å². The summed E-state index contributed by atoms with van der Waals surface area (Å²) >= 11 is 5.93. The molecule has 0 bridgehead atoms. The minimum atomic E-state index is -0.122. The third-order valence-electron chi connectivity index (χ3n) is 4.20. The van der Waals surface area contributed by atoms with Gasteiger partial charge < -0.3 is 25.4 Å². The van der Waals surface area contributed by atoms with Gasteiger partial charge in [-0.1, -0.05) is 11.6 Å². The second kappa shape index (κ2) is 9.30. The SMILES string of the molecule is CNc1cc(Oc2ccnc(CO)c2)ccc1N(C)CNc1ccc(Cl)cc1. The molecule has 0 saturated heterocycles. The summed E-state index contributed by atoms with van der Waals surface area (Å²) in [6, 6.07) is 16.9. The zero-order valence-corrected chi connectivity index (χ0v) is 16.6. The third-order valence-corrected chi connectivity index (χ3v) is 4.45. The van der Waals surface area contributed by atoms with Gasteiger partial charge in [0.25, 0.3) is 0 Å². The van der Waals surface area contributed by atoms with Crippen LogP contribution in [0, 0.1) is 0 Å². The summed E-state index contributed by atoms with van der Waals surface area (Å²) in [4.78, 5) is 6.16. The van der Waals surface area contributed by atoms with E-state index in [9.17, 15) is 5.11 Å². The average molecular weight is 399 g/mol. The molecule has 146 valence electrons. The summed E-state index contributed by atoms with van der Waals surface area (Å²) in [5, 5.41) is 16.5. The van der Waals surface area contributed by atoms with E-state index < -0.39 is 0 Å². The Labute approximate surface area is 169 Å². The second-order valence-corrected chi connectivity index (χ2v) is 6.65. The van der Waals surface area contributed by atoms with Gasteiger partial charge in [0.15, 0.2) is 0 Å². The van der Waals surface area contributed by atoms with Crippen molar-refractivity contribution in [3.8, 4) is 11.5 Å². The average Bonchev–Trinajstić information content (AvgIpc) is 2.73. The van der Waals surface area contributed by atoms with Crippen molar-refractivity contribution in [3.63, 3.8) is 0 Å². The molecule has 0 aliphatic rings. The molecule has 7 heteroatoms. The molecule has 0 aliphatic heterocycles. The van der Waals surface area contributed by atoms with Gasteiger partial charge in [0.05, 0.1) is 30.3 Å². The Bertz CT molecular complexity index is 919. The number of ether oxygens (including phenoxy) is 1. The molecule has 3 N–H and O–H groups in total. The van der Waals surface area contributed by atoms with Crippen molar-refractivity contribution in [1.82, 2.24) is 4.98 Å². The number of aliphatic hydroxyl groups excluding tert-OH is 1. The summed E-state index contributed by atoms with van der Waals surface area (Å²) in [7, 11) is 3.88. The molecule has 0 unspecified atom stereocenters. The van der Waals surface area contributed by atoms with Crippen molar-refractivity contribution in [3.05, 3.63) is 71.5 Å². The molecule has 0 fully saturated rings. The van der Waals surface area contributed by atoms with E-state index in [-0.39, 0.29) is 6.61 Å². The van der Waals surface area contributed by atoms with Crippen molar-refractivity contribution >= 4 is 28.7 Å². The van der Waals surface area contributed by atoms with Crippen molar-refractivity contribution in [2.24, 2.45) is 0 Å². The molecule has 0 atom stereocenters. The molecule has 1 aromatic heterocycles. The van der Waals surface area contributed by atoms with Crippen molar-refractivity contribution < 1.29 is 9.84 Å². The molecule has 0 radical (unpaired) electrons. The van der Waals surface area contributed by atoms with E-state index >= 15 is 0 Å². The largest absolute Gasteiger partial charge is 0.457 e. The van der Waals surface area contributed by atoms with Gasteiger partial charge in [-0.05, 0) is 42.5 Å². The van der Waals surface area contributed by atoms with E-state index in [1.165, 1.54) is 0 Å². The molecule has 28 heavy (non-hydrogen) atoms. The van der Waals surface area contributed by atoms with Crippen molar-refractivity contribution in [2.75, 3.05) is 36.3 Å². The lowest BCUT2D eigenvalue weighted by Gasteiger charge is -2.24. The number of nitrogens with zero attached hydrogens (tertiary/aromatic N) is 2. The Morgan fingerprint density at radius 1 is 1.07 bits per heavy atom. The van der Waals surface area contributed by atoms with Gasteiger partial charge in [-0.2, -0.15) is 0 Å². The smallest absolute Gasteiger partial charge is 0.130 e. The Hall–Kier alpha value is -2.96. The molecular formula is C21H23ClN4O2.